The third kappa shape index (κ3) is 10.3. The topological polar surface area (TPSA) is 225 Å². The lowest BCUT2D eigenvalue weighted by Crippen LogP contribution is -2.56. The Bertz CT molecular complexity index is 658. The van der Waals surface area contributed by atoms with Gasteiger partial charge in [0.05, 0.1) is 12.5 Å². The number of nitrogens with one attached hydrogen (secondary N) is 3. The van der Waals surface area contributed by atoms with Crippen LogP contribution in [0.4, 0.5) is 0 Å². The van der Waals surface area contributed by atoms with Crippen molar-refractivity contribution in [2.45, 2.75) is 50.4 Å². The number of carboxylic acid groups (broad SMARTS) is 3. The third-order valence-corrected chi connectivity index (χ3v) is 3.95. The number of carbonyl (C=O) groups excluding carboxylic acids is 3. The van der Waals surface area contributed by atoms with E-state index in [-0.39, 0.29) is 12.2 Å². The summed E-state index contributed by atoms with van der Waals surface area (Å²) in [5.74, 6) is -6.92. The van der Waals surface area contributed by atoms with Crippen LogP contribution in [-0.4, -0.2) is 80.9 Å². The Balaban J connectivity index is 5.08. The second kappa shape index (κ2) is 12.6. The first-order valence-corrected chi connectivity index (χ1v) is 8.96. The van der Waals surface area contributed by atoms with E-state index in [2.05, 4.69) is 23.3 Å². The van der Waals surface area contributed by atoms with Crippen LogP contribution in [0.25, 0.3) is 0 Å². The summed E-state index contributed by atoms with van der Waals surface area (Å²) in [6, 6.07) is -5.39. The van der Waals surface area contributed by atoms with Gasteiger partial charge in [0, 0.05) is 12.2 Å². The number of nitrogens with two attached hydrogens (primary N) is 1. The van der Waals surface area contributed by atoms with Crippen LogP contribution >= 0.6 is 12.6 Å². The molecule has 0 heterocycles. The van der Waals surface area contributed by atoms with Crippen molar-refractivity contribution in [3.8, 4) is 0 Å². The Kier molecular flexibility index (Phi) is 11.3. The van der Waals surface area contributed by atoms with Gasteiger partial charge in [-0.25, -0.2) is 4.79 Å². The van der Waals surface area contributed by atoms with Crippen LogP contribution in [0, 0.1) is 0 Å². The number of carbonyl (C=O) groups is 6. The van der Waals surface area contributed by atoms with E-state index in [0.717, 1.165) is 0 Å². The van der Waals surface area contributed by atoms with Crippen LogP contribution in [-0.2, 0) is 28.8 Å². The summed E-state index contributed by atoms with van der Waals surface area (Å²) >= 11 is 3.84. The molecule has 3 amide bonds. The van der Waals surface area contributed by atoms with Gasteiger partial charge in [0.25, 0.3) is 0 Å². The maximum atomic E-state index is 12.3. The van der Waals surface area contributed by atoms with E-state index in [1.54, 1.807) is 0 Å². The number of amides is 3. The Morgan fingerprint density at radius 3 is 1.86 bits per heavy atom. The minimum atomic E-state index is -1.71. The molecular formula is C15H24N4O9S. The van der Waals surface area contributed by atoms with Crippen molar-refractivity contribution in [1.82, 2.24) is 16.0 Å². The van der Waals surface area contributed by atoms with Crippen LogP contribution in [0.1, 0.15) is 26.2 Å². The Hall–Kier alpha value is -2.87. The maximum Gasteiger partial charge on any atom is 0.326 e. The largest absolute Gasteiger partial charge is 0.481 e. The molecule has 29 heavy (non-hydrogen) atoms. The molecule has 164 valence electrons. The van der Waals surface area contributed by atoms with Gasteiger partial charge in [0.15, 0.2) is 0 Å². The highest BCUT2D eigenvalue weighted by Crippen LogP contribution is 2.01. The average molecular weight is 436 g/mol. The summed E-state index contributed by atoms with van der Waals surface area (Å²) in [7, 11) is 0. The fraction of sp³-hybridized carbons (Fsp3) is 0.600. The Morgan fingerprint density at radius 1 is 0.862 bits per heavy atom. The van der Waals surface area contributed by atoms with Crippen molar-refractivity contribution in [2.24, 2.45) is 5.73 Å². The standard InChI is InChI=1S/C15H24N4O9S/c1-6(12(24)19-9(15(27)28)4-11(22)23)17-14(26)8(2-3-10(20)21)18-13(25)7(16)5-29/h6-9,29H,2-5,16H2,1H3,(H,17,26)(H,18,25)(H,19,24)(H,20,21)(H,22,23)(H,27,28). The van der Waals surface area contributed by atoms with E-state index in [0.29, 0.717) is 0 Å². The van der Waals surface area contributed by atoms with Crippen LogP contribution in [0.15, 0.2) is 0 Å². The number of rotatable bonds is 13. The minimum absolute atomic E-state index is 0.0297. The zero-order valence-electron chi connectivity index (χ0n) is 15.5. The number of hydrogen-bond acceptors (Lipinski definition) is 8. The fourth-order valence-electron chi connectivity index (χ4n) is 1.95. The normalized spacial score (nSPS) is 14.6. The zero-order chi connectivity index (χ0) is 22.7. The van der Waals surface area contributed by atoms with Gasteiger partial charge in [-0.15, -0.1) is 0 Å². The Morgan fingerprint density at radius 2 is 1.41 bits per heavy atom. The van der Waals surface area contributed by atoms with E-state index < -0.39 is 72.6 Å². The molecule has 4 atom stereocenters. The molecule has 0 aromatic heterocycles. The van der Waals surface area contributed by atoms with Gasteiger partial charge in [0.1, 0.15) is 18.1 Å². The highest BCUT2D eigenvalue weighted by molar-refractivity contribution is 7.80. The van der Waals surface area contributed by atoms with Crippen LogP contribution in [0.3, 0.4) is 0 Å². The SMILES string of the molecule is CC(NC(=O)C(CCC(=O)O)NC(=O)C(N)CS)C(=O)NC(CC(=O)O)C(=O)O. The van der Waals surface area contributed by atoms with E-state index >= 15 is 0 Å². The molecule has 0 aliphatic heterocycles. The quantitative estimate of drug-likeness (QED) is 0.138. The molecule has 0 rings (SSSR count). The van der Waals surface area contributed by atoms with Gasteiger partial charge in [-0.1, -0.05) is 0 Å². The lowest BCUT2D eigenvalue weighted by molar-refractivity contribution is -0.147. The van der Waals surface area contributed by atoms with E-state index in [1.165, 1.54) is 6.92 Å². The minimum Gasteiger partial charge on any atom is -0.481 e. The molecule has 0 aliphatic rings. The number of hydrogen-bond donors (Lipinski definition) is 8. The second-order valence-corrected chi connectivity index (χ2v) is 6.38. The second-order valence-electron chi connectivity index (χ2n) is 6.01. The van der Waals surface area contributed by atoms with Crippen molar-refractivity contribution in [3.05, 3.63) is 0 Å². The molecule has 4 unspecified atom stereocenters. The maximum absolute atomic E-state index is 12.3. The summed E-state index contributed by atoms with van der Waals surface area (Å²) in [6.07, 6.45) is -1.63. The van der Waals surface area contributed by atoms with Gasteiger partial charge in [-0.2, -0.15) is 12.6 Å². The predicted molar refractivity (Wildman–Crippen MR) is 100 cm³/mol. The van der Waals surface area contributed by atoms with Crippen LogP contribution in [0.5, 0.6) is 0 Å². The van der Waals surface area contributed by atoms with Crippen LogP contribution < -0.4 is 21.7 Å². The Labute approximate surface area is 170 Å². The molecule has 0 spiro atoms. The molecule has 0 aromatic rings. The third-order valence-electron chi connectivity index (χ3n) is 3.56. The lowest BCUT2D eigenvalue weighted by Gasteiger charge is -2.22. The van der Waals surface area contributed by atoms with Gasteiger partial charge in [-0.3, -0.25) is 24.0 Å². The molecular weight excluding hydrogens is 412 g/mol. The smallest absolute Gasteiger partial charge is 0.326 e. The van der Waals surface area contributed by atoms with E-state index in [1.807, 2.05) is 5.32 Å². The molecule has 0 aromatic carbocycles. The molecule has 0 aliphatic carbocycles. The van der Waals surface area contributed by atoms with Crippen molar-refractivity contribution >= 4 is 48.3 Å². The first-order valence-electron chi connectivity index (χ1n) is 8.33. The van der Waals surface area contributed by atoms with Crippen LogP contribution in [0.2, 0.25) is 0 Å². The van der Waals surface area contributed by atoms with Crippen molar-refractivity contribution < 1.29 is 44.1 Å². The summed E-state index contributed by atoms with van der Waals surface area (Å²) in [5, 5.41) is 32.8. The average Bonchev–Trinajstić information content (AvgIpc) is 2.62. The highest BCUT2D eigenvalue weighted by atomic mass is 32.1. The first-order chi connectivity index (χ1) is 13.4. The van der Waals surface area contributed by atoms with Gasteiger partial charge < -0.3 is 37.0 Å². The molecule has 13 nitrogen and oxygen atoms in total. The first kappa shape index (κ1) is 26.1. The predicted octanol–water partition coefficient (Wildman–Crippen LogP) is -2.86. The van der Waals surface area contributed by atoms with Gasteiger partial charge in [0.2, 0.25) is 17.7 Å². The number of thiol groups is 1. The molecule has 0 radical (unpaired) electrons. The van der Waals surface area contributed by atoms with Crippen molar-refractivity contribution in [2.75, 3.05) is 5.75 Å². The summed E-state index contributed by atoms with van der Waals surface area (Å²) in [5.41, 5.74) is 5.49. The van der Waals surface area contributed by atoms with E-state index in [9.17, 15) is 28.8 Å². The van der Waals surface area contributed by atoms with Gasteiger partial charge in [-0.05, 0) is 13.3 Å². The van der Waals surface area contributed by atoms with Crippen molar-refractivity contribution in [3.63, 3.8) is 0 Å². The molecule has 0 fully saturated rings. The summed E-state index contributed by atoms with van der Waals surface area (Å²) in [6.45, 7) is 1.20. The zero-order valence-corrected chi connectivity index (χ0v) is 16.3. The lowest BCUT2D eigenvalue weighted by atomic mass is 10.1. The fourth-order valence-corrected chi connectivity index (χ4v) is 2.12. The molecule has 0 bridgehead atoms. The summed E-state index contributed by atoms with van der Waals surface area (Å²) in [4.78, 5) is 68.7. The van der Waals surface area contributed by atoms with E-state index in [4.69, 9.17) is 21.1 Å². The number of aliphatic carboxylic acids is 3. The molecule has 0 saturated heterocycles. The summed E-state index contributed by atoms with van der Waals surface area (Å²) < 4.78 is 0. The van der Waals surface area contributed by atoms with Crippen molar-refractivity contribution in [1.29, 1.82) is 0 Å². The molecule has 14 heteroatoms. The molecule has 8 N–H and O–H groups in total. The molecule has 0 saturated carbocycles. The number of carboxylic acids is 3. The highest BCUT2D eigenvalue weighted by Gasteiger charge is 2.29. The van der Waals surface area contributed by atoms with Gasteiger partial charge >= 0.3 is 17.9 Å². The monoisotopic (exact) mass is 436 g/mol.